The average molecular weight is 632 g/mol. The summed E-state index contributed by atoms with van der Waals surface area (Å²) in [7, 11) is 0. The van der Waals surface area contributed by atoms with Crippen molar-refractivity contribution in [2.45, 2.75) is 63.1 Å². The van der Waals surface area contributed by atoms with E-state index in [-0.39, 0.29) is 23.3 Å². The van der Waals surface area contributed by atoms with Crippen molar-refractivity contribution in [3.05, 3.63) is 59.2 Å². The zero-order valence-electron chi connectivity index (χ0n) is 23.4. The predicted molar refractivity (Wildman–Crippen MR) is 146 cm³/mol. The Bertz CT molecular complexity index is 1360. The van der Waals surface area contributed by atoms with Crippen LogP contribution in [-0.4, -0.2) is 65.0 Å². The fourth-order valence-corrected chi connectivity index (χ4v) is 4.40. The van der Waals surface area contributed by atoms with E-state index in [0.29, 0.717) is 30.3 Å². The first-order valence-corrected chi connectivity index (χ1v) is 13.4. The van der Waals surface area contributed by atoms with Gasteiger partial charge in [0.1, 0.15) is 24.1 Å². The molecule has 2 atom stereocenters. The first-order valence-electron chi connectivity index (χ1n) is 13.4. The molecule has 4 rings (SSSR count). The number of nitrogens with zero attached hydrogens (tertiary/aromatic N) is 1. The van der Waals surface area contributed by atoms with Crippen LogP contribution in [0, 0.1) is 5.41 Å². The van der Waals surface area contributed by atoms with Crippen molar-refractivity contribution in [3.8, 4) is 5.75 Å². The molecule has 10 nitrogen and oxygen atoms in total. The molecule has 1 aliphatic heterocycles. The summed E-state index contributed by atoms with van der Waals surface area (Å²) < 4.78 is 79.0. The van der Waals surface area contributed by atoms with E-state index in [1.54, 1.807) is 31.2 Å². The number of hydrogen-bond acceptors (Lipinski definition) is 6. The third-order valence-corrected chi connectivity index (χ3v) is 6.76. The van der Waals surface area contributed by atoms with E-state index in [9.17, 15) is 35.9 Å². The third-order valence-electron chi connectivity index (χ3n) is 6.76. The largest absolute Gasteiger partial charge is 0.490 e. The Kier molecular flexibility index (Phi) is 10.8. The zero-order valence-corrected chi connectivity index (χ0v) is 23.4. The molecule has 2 aromatic carbocycles. The molecular weight excluding hydrogens is 600 g/mol. The summed E-state index contributed by atoms with van der Waals surface area (Å²) in [4.78, 5) is 35.7. The van der Waals surface area contributed by atoms with Crippen LogP contribution >= 0.6 is 0 Å². The van der Waals surface area contributed by atoms with Gasteiger partial charge in [-0.15, -0.1) is 0 Å². The molecule has 2 unspecified atom stereocenters. The van der Waals surface area contributed by atoms with Gasteiger partial charge < -0.3 is 26.2 Å². The van der Waals surface area contributed by atoms with Gasteiger partial charge in [0.05, 0.1) is 11.6 Å². The Morgan fingerprint density at radius 3 is 2.18 bits per heavy atom. The normalized spacial score (nSPS) is 17.6. The Morgan fingerprint density at radius 2 is 1.66 bits per heavy atom. The summed E-state index contributed by atoms with van der Waals surface area (Å²) in [5, 5.41) is 19.6. The first kappa shape index (κ1) is 34.2. The van der Waals surface area contributed by atoms with Crippen LogP contribution in [0.3, 0.4) is 0 Å². The van der Waals surface area contributed by atoms with E-state index in [4.69, 9.17) is 25.8 Å². The lowest BCUT2D eigenvalue weighted by molar-refractivity contribution is -0.192. The Morgan fingerprint density at radius 1 is 1.05 bits per heavy atom. The Labute approximate surface area is 248 Å². The van der Waals surface area contributed by atoms with Gasteiger partial charge in [0, 0.05) is 30.4 Å². The Balaban J connectivity index is 0.000000676. The predicted octanol–water partition coefficient (Wildman–Crippen LogP) is 4.44. The number of hydrogen-bond donors (Lipinski definition) is 5. The minimum absolute atomic E-state index is 0.113. The smallest absolute Gasteiger partial charge is 0.488 e. The molecule has 2 fully saturated rings. The van der Waals surface area contributed by atoms with Crippen molar-refractivity contribution in [1.82, 2.24) is 10.2 Å². The number of carboxylic acid groups (broad SMARTS) is 1. The summed E-state index contributed by atoms with van der Waals surface area (Å²) in [6, 6.07) is 9.78. The van der Waals surface area contributed by atoms with Crippen LogP contribution in [0.15, 0.2) is 42.5 Å². The van der Waals surface area contributed by atoms with Gasteiger partial charge >= 0.3 is 18.3 Å². The highest BCUT2D eigenvalue weighted by Crippen LogP contribution is 2.39. The van der Waals surface area contributed by atoms with Crippen LogP contribution in [0.1, 0.15) is 55.3 Å². The molecule has 1 saturated carbocycles. The van der Waals surface area contributed by atoms with Crippen molar-refractivity contribution >= 4 is 29.3 Å². The molecule has 2 aromatic rings. The van der Waals surface area contributed by atoms with Gasteiger partial charge in [0.2, 0.25) is 11.8 Å². The van der Waals surface area contributed by atoms with Crippen LogP contribution in [0.25, 0.3) is 0 Å². The molecule has 0 aromatic heterocycles. The number of likely N-dealkylation sites (tertiary alicyclic amines) is 1. The number of aliphatic carboxylic acids is 1. The van der Waals surface area contributed by atoms with Crippen LogP contribution < -0.4 is 21.1 Å². The number of benzene rings is 2. The molecule has 0 radical (unpaired) electrons. The maximum Gasteiger partial charge on any atom is 0.490 e. The van der Waals surface area contributed by atoms with Gasteiger partial charge in [-0.05, 0) is 68.1 Å². The summed E-state index contributed by atoms with van der Waals surface area (Å²) >= 11 is 0. The van der Waals surface area contributed by atoms with E-state index >= 15 is 0 Å². The molecule has 1 aliphatic carbocycles. The molecular formula is C28H31F6N5O5. The number of carbonyl (C=O) groups excluding carboxylic acids is 2. The van der Waals surface area contributed by atoms with E-state index in [0.717, 1.165) is 25.5 Å². The summed E-state index contributed by atoms with van der Waals surface area (Å²) in [5.41, 5.74) is 5.66. The van der Waals surface area contributed by atoms with Gasteiger partial charge in [0.15, 0.2) is 0 Å². The molecule has 1 saturated heterocycles. The maximum absolute atomic E-state index is 13.8. The van der Waals surface area contributed by atoms with E-state index in [1.165, 1.54) is 12.1 Å². The number of amides is 2. The van der Waals surface area contributed by atoms with Crippen molar-refractivity contribution in [2.24, 2.45) is 5.73 Å². The summed E-state index contributed by atoms with van der Waals surface area (Å²) in [6.45, 7) is 3.00. The average Bonchev–Trinajstić information content (AvgIpc) is 3.66. The summed E-state index contributed by atoms with van der Waals surface area (Å²) in [6.07, 6.45) is -7.55. The molecule has 0 bridgehead atoms. The lowest BCUT2D eigenvalue weighted by Gasteiger charge is -2.21. The summed E-state index contributed by atoms with van der Waals surface area (Å²) in [5.74, 6) is -4.31. The van der Waals surface area contributed by atoms with Crippen LogP contribution in [-0.2, 0) is 20.6 Å². The van der Waals surface area contributed by atoms with Gasteiger partial charge in [0.25, 0.3) is 0 Å². The number of ether oxygens (including phenoxy) is 1. The number of carboxylic acids is 1. The first-order chi connectivity index (χ1) is 20.4. The quantitative estimate of drug-likeness (QED) is 0.118. The molecule has 6 N–H and O–H groups in total. The lowest BCUT2D eigenvalue weighted by Crippen LogP contribution is -2.30. The van der Waals surface area contributed by atoms with Crippen LogP contribution in [0.4, 0.5) is 32.0 Å². The highest BCUT2D eigenvalue weighted by Gasteiger charge is 2.39. The lowest BCUT2D eigenvalue weighted by atomic mass is 10.0. The van der Waals surface area contributed by atoms with Crippen molar-refractivity contribution in [2.75, 3.05) is 18.4 Å². The minimum Gasteiger partial charge on any atom is -0.488 e. The molecule has 2 amide bonds. The fraction of sp³-hybridized carbons (Fsp3) is 0.429. The topological polar surface area (TPSA) is 158 Å². The molecule has 240 valence electrons. The van der Waals surface area contributed by atoms with Gasteiger partial charge in [-0.2, -0.15) is 26.3 Å². The van der Waals surface area contributed by atoms with Crippen LogP contribution in [0.5, 0.6) is 5.75 Å². The SMILES string of the molecule is CC(NC(=O)CC(=O)Nc1ccc(C(=N)N)cc1)c1ccc(OC2CCN(C3CC3)C2)c(C(F)(F)F)c1.O=C(O)C(F)(F)F. The second-order valence-electron chi connectivity index (χ2n) is 10.3. The molecule has 0 spiro atoms. The second kappa shape index (κ2) is 14.0. The number of nitrogens with two attached hydrogens (primary N) is 1. The standard InChI is InChI=1S/C26H30F3N5O3.C2HF3O2/c1-15(32-23(35)13-24(36)33-18-5-2-16(3-6-18)25(30)31)17-4-9-22(21(12-17)26(27,28)29)37-20-10-11-34(14-20)19-7-8-19;3-2(4,5)1(6)7/h2-6,9,12,15,19-20H,7-8,10-11,13-14H2,1H3,(H3,30,31)(H,32,35)(H,33,36);(H,6,7). The number of alkyl halides is 6. The third kappa shape index (κ3) is 10.1. The van der Waals surface area contributed by atoms with Gasteiger partial charge in [-0.1, -0.05) is 6.07 Å². The monoisotopic (exact) mass is 631 g/mol. The fourth-order valence-electron chi connectivity index (χ4n) is 4.40. The van der Waals surface area contributed by atoms with Crippen molar-refractivity contribution in [1.29, 1.82) is 5.41 Å². The molecule has 2 aliphatic rings. The van der Waals surface area contributed by atoms with Gasteiger partial charge in [-0.3, -0.25) is 19.9 Å². The Hall–Kier alpha value is -4.34. The minimum atomic E-state index is -5.08. The molecule has 16 heteroatoms. The number of nitrogens with one attached hydrogen (secondary N) is 3. The number of rotatable bonds is 9. The highest BCUT2D eigenvalue weighted by atomic mass is 19.4. The maximum atomic E-state index is 13.8. The van der Waals surface area contributed by atoms with E-state index in [1.807, 2.05) is 0 Å². The second-order valence-corrected chi connectivity index (χ2v) is 10.3. The molecule has 1 heterocycles. The van der Waals surface area contributed by atoms with E-state index in [2.05, 4.69) is 15.5 Å². The van der Waals surface area contributed by atoms with E-state index < -0.39 is 48.2 Å². The van der Waals surface area contributed by atoms with Gasteiger partial charge in [-0.25, -0.2) is 4.79 Å². The van der Waals surface area contributed by atoms with Crippen molar-refractivity contribution in [3.63, 3.8) is 0 Å². The molecule has 44 heavy (non-hydrogen) atoms. The zero-order chi connectivity index (χ0) is 32.8. The highest BCUT2D eigenvalue weighted by molar-refractivity contribution is 6.04. The number of amidine groups is 1. The van der Waals surface area contributed by atoms with Crippen LogP contribution in [0.2, 0.25) is 0 Å². The number of halogens is 6. The number of anilines is 1. The van der Waals surface area contributed by atoms with Crippen molar-refractivity contribution < 1.29 is 50.6 Å². The number of carbonyl (C=O) groups is 3. The number of nitrogen functional groups attached to an aromatic ring is 1.